The molecule has 2 aromatic carbocycles. The molecule has 7 heteroatoms. The second kappa shape index (κ2) is 7.22. The van der Waals surface area contributed by atoms with Crippen LogP contribution in [-0.2, 0) is 14.6 Å². The molecule has 0 radical (unpaired) electrons. The van der Waals surface area contributed by atoms with E-state index < -0.39 is 21.4 Å². The molecule has 23 heavy (non-hydrogen) atoms. The molecule has 0 heterocycles. The first-order valence-corrected chi connectivity index (χ1v) is 9.40. The van der Waals surface area contributed by atoms with E-state index in [4.69, 9.17) is 0 Å². The van der Waals surface area contributed by atoms with Gasteiger partial charge in [0.1, 0.15) is 5.75 Å². The van der Waals surface area contributed by atoms with Gasteiger partial charge < -0.3 is 5.32 Å². The summed E-state index contributed by atoms with van der Waals surface area (Å²) in [7, 11) is -3.68. The van der Waals surface area contributed by atoms with Crippen molar-refractivity contribution in [3.05, 3.63) is 57.7 Å². The summed E-state index contributed by atoms with van der Waals surface area (Å²) in [5, 5.41) is 2.58. The largest absolute Gasteiger partial charge is 0.326 e. The van der Waals surface area contributed by atoms with Crippen LogP contribution in [0.3, 0.4) is 0 Å². The van der Waals surface area contributed by atoms with Crippen LogP contribution < -0.4 is 5.32 Å². The molecule has 0 fully saturated rings. The highest BCUT2D eigenvalue weighted by Gasteiger charge is 2.20. The SMILES string of the molecule is CC(=O)Nc1ccc(C(=O)CS(=O)(=O)c2ccc(I)cc2)cc1. The number of Topliss-reactive ketones (excluding diaryl/α,β-unsaturated/α-hetero) is 1. The van der Waals surface area contributed by atoms with Crippen LogP contribution in [0.25, 0.3) is 0 Å². The van der Waals surface area contributed by atoms with E-state index in [1.54, 1.807) is 24.3 Å². The Morgan fingerprint density at radius 3 is 2.09 bits per heavy atom. The van der Waals surface area contributed by atoms with E-state index in [2.05, 4.69) is 27.9 Å². The molecule has 0 aliphatic carbocycles. The summed E-state index contributed by atoms with van der Waals surface area (Å²) in [5.41, 5.74) is 0.836. The minimum atomic E-state index is -3.68. The molecule has 0 aliphatic rings. The second-order valence-corrected chi connectivity index (χ2v) is 8.13. The van der Waals surface area contributed by atoms with E-state index in [0.29, 0.717) is 5.69 Å². The van der Waals surface area contributed by atoms with Gasteiger partial charge in [0.2, 0.25) is 5.91 Å². The normalized spacial score (nSPS) is 11.0. The van der Waals surface area contributed by atoms with Crippen LogP contribution in [0.4, 0.5) is 5.69 Å². The first-order chi connectivity index (χ1) is 10.8. The number of benzene rings is 2. The van der Waals surface area contributed by atoms with E-state index in [-0.39, 0.29) is 16.4 Å². The lowest BCUT2D eigenvalue weighted by Gasteiger charge is -2.06. The van der Waals surface area contributed by atoms with Gasteiger partial charge in [-0.05, 0) is 71.1 Å². The van der Waals surface area contributed by atoms with Gasteiger partial charge in [-0.1, -0.05) is 0 Å². The van der Waals surface area contributed by atoms with Crippen LogP contribution in [0.1, 0.15) is 17.3 Å². The van der Waals surface area contributed by atoms with Gasteiger partial charge in [-0.3, -0.25) is 9.59 Å². The summed E-state index contributed by atoms with van der Waals surface area (Å²) in [6.45, 7) is 1.38. The molecule has 0 spiro atoms. The van der Waals surface area contributed by atoms with Crippen molar-refractivity contribution < 1.29 is 18.0 Å². The summed E-state index contributed by atoms with van der Waals surface area (Å²) in [4.78, 5) is 23.2. The fraction of sp³-hybridized carbons (Fsp3) is 0.125. The van der Waals surface area contributed by atoms with Crippen molar-refractivity contribution >= 4 is 49.8 Å². The van der Waals surface area contributed by atoms with Gasteiger partial charge in [0.05, 0.1) is 4.90 Å². The molecule has 0 saturated heterocycles. The minimum absolute atomic E-state index is 0.126. The number of anilines is 1. The Hall–Kier alpha value is -1.74. The van der Waals surface area contributed by atoms with Gasteiger partial charge in [0.15, 0.2) is 15.6 Å². The predicted octanol–water partition coefficient (Wildman–Crippen LogP) is 2.91. The van der Waals surface area contributed by atoms with Gasteiger partial charge in [-0.2, -0.15) is 0 Å². The molecular weight excluding hydrogens is 429 g/mol. The van der Waals surface area contributed by atoms with Crippen molar-refractivity contribution in [2.24, 2.45) is 0 Å². The molecule has 0 aromatic heterocycles. The standard InChI is InChI=1S/C16H14INO4S/c1-11(19)18-14-6-2-12(3-7-14)16(20)10-23(21,22)15-8-4-13(17)5-9-15/h2-9H,10H2,1H3,(H,18,19). The maximum absolute atomic E-state index is 12.3. The second-order valence-electron chi connectivity index (χ2n) is 4.89. The fourth-order valence-corrected chi connectivity index (χ4v) is 3.51. The molecule has 0 saturated carbocycles. The Morgan fingerprint density at radius 2 is 1.57 bits per heavy atom. The van der Waals surface area contributed by atoms with Crippen LogP contribution in [-0.4, -0.2) is 25.9 Å². The Morgan fingerprint density at radius 1 is 1.00 bits per heavy atom. The summed E-state index contributed by atoms with van der Waals surface area (Å²) < 4.78 is 25.4. The Labute approximate surface area is 148 Å². The lowest BCUT2D eigenvalue weighted by Crippen LogP contribution is -2.16. The topological polar surface area (TPSA) is 80.3 Å². The smallest absolute Gasteiger partial charge is 0.221 e. The lowest BCUT2D eigenvalue weighted by molar-refractivity contribution is -0.114. The van der Waals surface area contributed by atoms with Gasteiger partial charge >= 0.3 is 0 Å². The Kier molecular flexibility index (Phi) is 5.53. The maximum atomic E-state index is 12.3. The third-order valence-corrected chi connectivity index (χ3v) is 5.37. The van der Waals surface area contributed by atoms with Gasteiger partial charge in [-0.15, -0.1) is 0 Å². The van der Waals surface area contributed by atoms with Crippen LogP contribution in [0.2, 0.25) is 0 Å². The molecule has 0 atom stereocenters. The molecule has 120 valence electrons. The van der Waals surface area contributed by atoms with Crippen LogP contribution in [0.5, 0.6) is 0 Å². The van der Waals surface area contributed by atoms with Crippen molar-refractivity contribution in [1.29, 1.82) is 0 Å². The molecular formula is C16H14INO4S. The third-order valence-electron chi connectivity index (χ3n) is 3.02. The van der Waals surface area contributed by atoms with E-state index in [0.717, 1.165) is 3.57 Å². The van der Waals surface area contributed by atoms with E-state index >= 15 is 0 Å². The highest BCUT2D eigenvalue weighted by atomic mass is 127. The van der Waals surface area contributed by atoms with Crippen molar-refractivity contribution in [3.8, 4) is 0 Å². The molecule has 0 bridgehead atoms. The van der Waals surface area contributed by atoms with Crippen molar-refractivity contribution in [3.63, 3.8) is 0 Å². The zero-order chi connectivity index (χ0) is 17.0. The monoisotopic (exact) mass is 443 g/mol. The molecule has 2 aromatic rings. The van der Waals surface area contributed by atoms with Gasteiger partial charge in [-0.25, -0.2) is 8.42 Å². The minimum Gasteiger partial charge on any atom is -0.326 e. The summed E-state index contributed by atoms with van der Waals surface area (Å²) in [5.74, 6) is -1.30. The van der Waals surface area contributed by atoms with Crippen molar-refractivity contribution in [1.82, 2.24) is 0 Å². The number of ketones is 1. The number of sulfone groups is 1. The predicted molar refractivity (Wildman–Crippen MR) is 96.3 cm³/mol. The number of rotatable bonds is 5. The number of hydrogen-bond donors (Lipinski definition) is 1. The average Bonchev–Trinajstić information content (AvgIpc) is 2.47. The number of hydrogen-bond acceptors (Lipinski definition) is 4. The highest BCUT2D eigenvalue weighted by Crippen LogP contribution is 2.16. The lowest BCUT2D eigenvalue weighted by atomic mass is 10.1. The third kappa shape index (κ3) is 4.87. The van der Waals surface area contributed by atoms with E-state index in [9.17, 15) is 18.0 Å². The highest BCUT2D eigenvalue weighted by molar-refractivity contribution is 14.1. The maximum Gasteiger partial charge on any atom is 0.221 e. The molecule has 1 amide bonds. The van der Waals surface area contributed by atoms with Gasteiger partial charge in [0.25, 0.3) is 0 Å². The Balaban J connectivity index is 2.14. The fourth-order valence-electron chi connectivity index (χ4n) is 1.92. The summed E-state index contributed by atoms with van der Waals surface area (Å²) >= 11 is 2.08. The number of carbonyl (C=O) groups excluding carboxylic acids is 2. The molecule has 0 aliphatic heterocycles. The number of amides is 1. The first-order valence-electron chi connectivity index (χ1n) is 6.67. The van der Waals surface area contributed by atoms with Crippen LogP contribution in [0.15, 0.2) is 53.4 Å². The number of carbonyl (C=O) groups is 2. The molecule has 1 N–H and O–H groups in total. The van der Waals surface area contributed by atoms with Crippen molar-refractivity contribution in [2.75, 3.05) is 11.1 Å². The molecule has 2 rings (SSSR count). The Bertz CT molecular complexity index is 827. The zero-order valence-corrected chi connectivity index (χ0v) is 15.2. The van der Waals surface area contributed by atoms with Crippen molar-refractivity contribution in [2.45, 2.75) is 11.8 Å². The number of halogens is 1. The molecule has 5 nitrogen and oxygen atoms in total. The van der Waals surface area contributed by atoms with E-state index in [1.165, 1.54) is 31.2 Å². The molecule has 0 unspecified atom stereocenters. The first kappa shape index (κ1) is 17.6. The summed E-state index contributed by atoms with van der Waals surface area (Å²) in [6, 6.07) is 12.5. The summed E-state index contributed by atoms with van der Waals surface area (Å²) in [6.07, 6.45) is 0. The van der Waals surface area contributed by atoms with Gasteiger partial charge in [0, 0.05) is 21.7 Å². The van der Waals surface area contributed by atoms with Crippen LogP contribution in [0, 0.1) is 3.57 Å². The van der Waals surface area contributed by atoms with Crippen LogP contribution >= 0.6 is 22.6 Å². The quantitative estimate of drug-likeness (QED) is 0.570. The zero-order valence-electron chi connectivity index (χ0n) is 12.2. The van der Waals surface area contributed by atoms with E-state index in [1.807, 2.05) is 0 Å². The number of nitrogens with one attached hydrogen (secondary N) is 1. The average molecular weight is 443 g/mol.